The summed E-state index contributed by atoms with van der Waals surface area (Å²) in [6, 6.07) is 5.35. The molecule has 1 saturated heterocycles. The molecule has 6 nitrogen and oxygen atoms in total. The third-order valence-electron chi connectivity index (χ3n) is 5.10. The number of pyridine rings is 1. The second-order valence-electron chi connectivity index (χ2n) is 8.16. The molecule has 0 saturated carbocycles. The van der Waals surface area contributed by atoms with Crippen molar-refractivity contribution >= 4 is 5.91 Å². The molecule has 1 aliphatic rings. The molecule has 140 valence electrons. The van der Waals surface area contributed by atoms with Crippen molar-refractivity contribution in [2.24, 2.45) is 11.8 Å². The number of piperidine rings is 1. The van der Waals surface area contributed by atoms with Gasteiger partial charge in [0.1, 0.15) is 0 Å². The van der Waals surface area contributed by atoms with Crippen LogP contribution in [0.3, 0.4) is 0 Å². The van der Waals surface area contributed by atoms with Gasteiger partial charge in [-0.3, -0.25) is 14.7 Å². The van der Waals surface area contributed by atoms with Crippen molar-refractivity contribution in [2.75, 3.05) is 19.6 Å². The van der Waals surface area contributed by atoms with E-state index in [1.54, 1.807) is 18.5 Å². The summed E-state index contributed by atoms with van der Waals surface area (Å²) in [4.78, 5) is 19.0. The van der Waals surface area contributed by atoms with Crippen molar-refractivity contribution < 1.29 is 9.32 Å². The lowest BCUT2D eigenvalue weighted by atomic mass is 9.88. The van der Waals surface area contributed by atoms with E-state index in [0.717, 1.165) is 18.7 Å². The van der Waals surface area contributed by atoms with Crippen LogP contribution >= 0.6 is 0 Å². The Kier molecular flexibility index (Phi) is 5.41. The number of carbonyl (C=O) groups is 1. The predicted octanol–water partition coefficient (Wildman–Crippen LogP) is 3.22. The first kappa shape index (κ1) is 18.6. The van der Waals surface area contributed by atoms with E-state index in [-0.39, 0.29) is 11.4 Å². The highest BCUT2D eigenvalue weighted by Gasteiger charge is 2.33. The molecule has 0 aliphatic carbocycles. The Hall–Kier alpha value is -2.21. The first-order valence-electron chi connectivity index (χ1n) is 9.25. The average Bonchev–Trinajstić information content (AvgIpc) is 3.10. The molecule has 1 N–H and O–H groups in total. The second kappa shape index (κ2) is 7.58. The van der Waals surface area contributed by atoms with Gasteiger partial charge < -0.3 is 9.84 Å². The van der Waals surface area contributed by atoms with Crippen LogP contribution in [0.1, 0.15) is 44.6 Å². The number of nitrogens with one attached hydrogen (secondary N) is 1. The second-order valence-corrected chi connectivity index (χ2v) is 8.16. The molecule has 2 aromatic heterocycles. The van der Waals surface area contributed by atoms with Crippen LogP contribution in [-0.4, -0.2) is 46.1 Å². The predicted molar refractivity (Wildman–Crippen MR) is 101 cm³/mol. The van der Waals surface area contributed by atoms with Crippen molar-refractivity contribution in [3.05, 3.63) is 36.3 Å². The fourth-order valence-corrected chi connectivity index (χ4v) is 3.68. The smallest absolute Gasteiger partial charge is 0.273 e. The summed E-state index contributed by atoms with van der Waals surface area (Å²) in [6.07, 6.45) is 4.65. The molecule has 1 fully saturated rings. The van der Waals surface area contributed by atoms with E-state index in [1.807, 2.05) is 12.1 Å². The molecule has 6 heteroatoms. The number of hydrogen-bond acceptors (Lipinski definition) is 5. The summed E-state index contributed by atoms with van der Waals surface area (Å²) in [5, 5.41) is 6.91. The first-order valence-corrected chi connectivity index (χ1v) is 9.25. The largest absolute Gasteiger partial charge is 0.355 e. The molecule has 3 rings (SSSR count). The van der Waals surface area contributed by atoms with Crippen molar-refractivity contribution in [1.82, 2.24) is 20.4 Å². The van der Waals surface area contributed by atoms with Gasteiger partial charge in [-0.25, -0.2) is 0 Å². The first-order chi connectivity index (χ1) is 12.3. The molecule has 2 atom stereocenters. The zero-order valence-corrected chi connectivity index (χ0v) is 16.0. The average molecular weight is 356 g/mol. The fraction of sp³-hybridized carbons (Fsp3) is 0.550. The summed E-state index contributed by atoms with van der Waals surface area (Å²) in [5.41, 5.74) is 0.991. The lowest BCUT2D eigenvalue weighted by Crippen LogP contribution is -2.56. The van der Waals surface area contributed by atoms with Gasteiger partial charge in [-0.1, -0.05) is 19.0 Å². The van der Waals surface area contributed by atoms with Crippen LogP contribution in [0.4, 0.5) is 0 Å². The van der Waals surface area contributed by atoms with Gasteiger partial charge >= 0.3 is 0 Å². The summed E-state index contributed by atoms with van der Waals surface area (Å²) in [5.74, 6) is 1.70. The standard InChI is InChI=1S/C20H28N4O2/c1-14-8-15(2)12-24(11-14)20(3,4)13-22-19(25)17-9-18(26-23-17)16-6-5-7-21-10-16/h5-7,9-10,14-15H,8,11-13H2,1-4H3,(H,22,25). The van der Waals surface area contributed by atoms with E-state index < -0.39 is 0 Å². The van der Waals surface area contributed by atoms with Gasteiger partial charge in [0.05, 0.1) is 0 Å². The Morgan fingerprint density at radius 3 is 2.73 bits per heavy atom. The van der Waals surface area contributed by atoms with Crippen molar-refractivity contribution in [1.29, 1.82) is 0 Å². The van der Waals surface area contributed by atoms with Gasteiger partial charge in [0.25, 0.3) is 5.91 Å². The van der Waals surface area contributed by atoms with Crippen LogP contribution in [0.25, 0.3) is 11.3 Å². The third kappa shape index (κ3) is 4.30. The van der Waals surface area contributed by atoms with E-state index in [9.17, 15) is 4.79 Å². The van der Waals surface area contributed by atoms with Crippen molar-refractivity contribution in [2.45, 2.75) is 39.7 Å². The summed E-state index contributed by atoms with van der Waals surface area (Å²) < 4.78 is 5.29. The summed E-state index contributed by atoms with van der Waals surface area (Å²) in [7, 11) is 0. The lowest BCUT2D eigenvalue weighted by molar-refractivity contribution is 0.0444. The molecule has 0 aromatic carbocycles. The van der Waals surface area contributed by atoms with Crippen LogP contribution in [-0.2, 0) is 0 Å². The number of rotatable bonds is 5. The highest BCUT2D eigenvalue weighted by atomic mass is 16.5. The van der Waals surface area contributed by atoms with E-state index in [4.69, 9.17) is 4.52 Å². The Bertz CT molecular complexity index is 731. The van der Waals surface area contributed by atoms with Crippen molar-refractivity contribution in [3.8, 4) is 11.3 Å². The molecule has 0 spiro atoms. The van der Waals surface area contributed by atoms with Crippen LogP contribution in [0.5, 0.6) is 0 Å². The van der Waals surface area contributed by atoms with Gasteiger partial charge in [0, 0.05) is 49.2 Å². The molecule has 3 heterocycles. The van der Waals surface area contributed by atoms with Gasteiger partial charge in [0.2, 0.25) is 0 Å². The number of amides is 1. The number of hydrogen-bond donors (Lipinski definition) is 1. The maximum Gasteiger partial charge on any atom is 0.273 e. The van der Waals surface area contributed by atoms with Crippen molar-refractivity contribution in [3.63, 3.8) is 0 Å². The zero-order chi connectivity index (χ0) is 18.7. The number of nitrogens with zero attached hydrogens (tertiary/aromatic N) is 3. The van der Waals surface area contributed by atoms with E-state index in [2.05, 4.69) is 48.1 Å². The normalized spacial score (nSPS) is 21.5. The molecule has 26 heavy (non-hydrogen) atoms. The maximum absolute atomic E-state index is 12.5. The number of aromatic nitrogens is 2. The van der Waals surface area contributed by atoms with Gasteiger partial charge in [0.15, 0.2) is 11.5 Å². The van der Waals surface area contributed by atoms with Crippen LogP contribution in [0.15, 0.2) is 35.1 Å². The summed E-state index contributed by atoms with van der Waals surface area (Å²) in [6.45, 7) is 11.7. The van der Waals surface area contributed by atoms with Crippen LogP contribution in [0, 0.1) is 11.8 Å². The minimum absolute atomic E-state index is 0.103. The number of carbonyl (C=O) groups excluding carboxylic acids is 1. The fourth-order valence-electron chi connectivity index (χ4n) is 3.68. The molecule has 1 amide bonds. The maximum atomic E-state index is 12.5. The zero-order valence-electron chi connectivity index (χ0n) is 16.0. The van der Waals surface area contributed by atoms with Gasteiger partial charge in [-0.15, -0.1) is 0 Å². The summed E-state index contributed by atoms with van der Waals surface area (Å²) >= 11 is 0. The number of likely N-dealkylation sites (tertiary alicyclic amines) is 1. The van der Waals surface area contributed by atoms with Crippen LogP contribution < -0.4 is 5.32 Å². The highest BCUT2D eigenvalue weighted by molar-refractivity contribution is 5.93. The molecule has 1 aliphatic heterocycles. The SMILES string of the molecule is CC1CC(C)CN(C(C)(C)CNC(=O)c2cc(-c3cccnc3)on2)C1. The minimum Gasteiger partial charge on any atom is -0.355 e. The van der Waals surface area contributed by atoms with E-state index >= 15 is 0 Å². The Labute approximate surface area is 155 Å². The highest BCUT2D eigenvalue weighted by Crippen LogP contribution is 2.27. The van der Waals surface area contributed by atoms with Gasteiger partial charge in [-0.2, -0.15) is 0 Å². The molecule has 2 unspecified atom stereocenters. The van der Waals surface area contributed by atoms with Gasteiger partial charge in [-0.05, 0) is 44.2 Å². The molecule has 0 bridgehead atoms. The quantitative estimate of drug-likeness (QED) is 0.891. The molecular formula is C20H28N4O2. The topological polar surface area (TPSA) is 71.3 Å². The Morgan fingerprint density at radius 1 is 1.35 bits per heavy atom. The lowest BCUT2D eigenvalue weighted by Gasteiger charge is -2.45. The minimum atomic E-state index is -0.213. The Morgan fingerprint density at radius 2 is 2.08 bits per heavy atom. The van der Waals surface area contributed by atoms with E-state index in [0.29, 0.717) is 29.8 Å². The molecular weight excluding hydrogens is 328 g/mol. The molecule has 0 radical (unpaired) electrons. The monoisotopic (exact) mass is 356 g/mol. The molecule has 2 aromatic rings. The Balaban J connectivity index is 1.61. The van der Waals surface area contributed by atoms with Crippen LogP contribution in [0.2, 0.25) is 0 Å². The third-order valence-corrected chi connectivity index (χ3v) is 5.10. The van der Waals surface area contributed by atoms with E-state index in [1.165, 1.54) is 6.42 Å².